The fraction of sp³-hybridized carbons (Fsp3) is 0.136. The Kier molecular flexibility index (Phi) is 5.39. The quantitative estimate of drug-likeness (QED) is 0.472. The normalized spacial score (nSPS) is 11.8. The van der Waals surface area contributed by atoms with Crippen molar-refractivity contribution >= 4 is 32.6 Å². The van der Waals surface area contributed by atoms with Crippen LogP contribution >= 0.6 is 11.3 Å². The molecule has 2 N–H and O–H groups in total. The number of hydrogen-bond donors (Lipinski definition) is 2. The zero-order valence-electron chi connectivity index (χ0n) is 16.0. The highest BCUT2D eigenvalue weighted by Gasteiger charge is 2.11. The first-order valence-electron chi connectivity index (χ1n) is 9.20. The molecule has 0 aliphatic rings. The summed E-state index contributed by atoms with van der Waals surface area (Å²) in [4.78, 5) is 20.5. The van der Waals surface area contributed by atoms with Crippen molar-refractivity contribution < 1.29 is 9.53 Å². The molecule has 29 heavy (non-hydrogen) atoms. The van der Waals surface area contributed by atoms with Crippen LogP contribution < -0.4 is 15.4 Å². The van der Waals surface area contributed by atoms with Crippen LogP contribution in [0.15, 0.2) is 66.9 Å². The summed E-state index contributed by atoms with van der Waals surface area (Å²) in [6.07, 6.45) is 1.55. The lowest BCUT2D eigenvalue weighted by atomic mass is 10.1. The molecular formula is C22H20N4O2S. The van der Waals surface area contributed by atoms with E-state index in [4.69, 9.17) is 4.74 Å². The predicted molar refractivity (Wildman–Crippen MR) is 116 cm³/mol. The van der Waals surface area contributed by atoms with Crippen LogP contribution in [-0.2, 0) is 0 Å². The van der Waals surface area contributed by atoms with E-state index in [0.717, 1.165) is 15.3 Å². The second kappa shape index (κ2) is 8.28. The van der Waals surface area contributed by atoms with Gasteiger partial charge in [-0.2, -0.15) is 0 Å². The van der Waals surface area contributed by atoms with E-state index in [9.17, 15) is 4.79 Å². The van der Waals surface area contributed by atoms with E-state index < -0.39 is 0 Å². The van der Waals surface area contributed by atoms with Crippen molar-refractivity contribution in [1.29, 1.82) is 0 Å². The molecule has 2 aromatic heterocycles. The van der Waals surface area contributed by atoms with Gasteiger partial charge in [-0.05, 0) is 30.7 Å². The maximum absolute atomic E-state index is 11.7. The highest BCUT2D eigenvalue weighted by molar-refractivity contribution is 7.22. The first-order chi connectivity index (χ1) is 14.1. The standard InChI is InChI=1S/C22H20N4O2S/c1-14(15-6-4-3-5-7-15)25-22-26-18-9-8-16(13-20(18)29-22)28-17-10-11-24-19(12-17)21(27)23-2/h3-14H,1-2H3,(H,23,27)(H,25,26)/t14-/m1/s1. The third-order valence-electron chi connectivity index (χ3n) is 4.43. The number of pyridine rings is 1. The number of fused-ring (bicyclic) bond motifs is 1. The Labute approximate surface area is 172 Å². The Hall–Kier alpha value is -3.45. The molecule has 0 saturated carbocycles. The van der Waals surface area contributed by atoms with E-state index in [0.29, 0.717) is 17.2 Å². The maximum Gasteiger partial charge on any atom is 0.269 e. The van der Waals surface area contributed by atoms with E-state index >= 15 is 0 Å². The molecule has 0 spiro atoms. The highest BCUT2D eigenvalue weighted by Crippen LogP contribution is 2.32. The monoisotopic (exact) mass is 404 g/mol. The van der Waals surface area contributed by atoms with Crippen LogP contribution in [0.5, 0.6) is 11.5 Å². The first-order valence-corrected chi connectivity index (χ1v) is 10.0. The van der Waals surface area contributed by atoms with Crippen LogP contribution in [-0.4, -0.2) is 22.9 Å². The average molecular weight is 404 g/mol. The molecule has 0 bridgehead atoms. The number of benzene rings is 2. The fourth-order valence-electron chi connectivity index (χ4n) is 2.90. The van der Waals surface area contributed by atoms with Crippen molar-refractivity contribution in [1.82, 2.24) is 15.3 Å². The molecule has 0 saturated heterocycles. The van der Waals surface area contributed by atoms with Crippen LogP contribution in [0.4, 0.5) is 5.13 Å². The van der Waals surface area contributed by atoms with Gasteiger partial charge in [0.2, 0.25) is 0 Å². The zero-order chi connectivity index (χ0) is 20.2. The summed E-state index contributed by atoms with van der Waals surface area (Å²) in [5.74, 6) is 0.980. The largest absolute Gasteiger partial charge is 0.457 e. The lowest BCUT2D eigenvalue weighted by Gasteiger charge is -2.12. The van der Waals surface area contributed by atoms with Crippen LogP contribution in [0.25, 0.3) is 10.2 Å². The number of aromatic nitrogens is 2. The maximum atomic E-state index is 11.7. The molecule has 0 aliphatic heterocycles. The zero-order valence-corrected chi connectivity index (χ0v) is 16.9. The van der Waals surface area contributed by atoms with Gasteiger partial charge in [0.15, 0.2) is 5.13 Å². The van der Waals surface area contributed by atoms with E-state index in [1.807, 2.05) is 36.4 Å². The lowest BCUT2D eigenvalue weighted by Crippen LogP contribution is -2.18. The van der Waals surface area contributed by atoms with Crippen molar-refractivity contribution in [2.75, 3.05) is 12.4 Å². The SMILES string of the molecule is CNC(=O)c1cc(Oc2ccc3nc(N[C@H](C)c4ccccc4)sc3c2)ccn1. The van der Waals surface area contributed by atoms with Gasteiger partial charge in [-0.15, -0.1) is 0 Å². The van der Waals surface area contributed by atoms with Crippen LogP contribution in [0.1, 0.15) is 29.0 Å². The van der Waals surface area contributed by atoms with Crippen LogP contribution in [0.2, 0.25) is 0 Å². The van der Waals surface area contributed by atoms with Crippen LogP contribution in [0, 0.1) is 0 Å². The lowest BCUT2D eigenvalue weighted by molar-refractivity contribution is 0.0958. The van der Waals surface area contributed by atoms with Gasteiger partial charge in [0.1, 0.15) is 17.2 Å². The highest BCUT2D eigenvalue weighted by atomic mass is 32.1. The number of carbonyl (C=O) groups excluding carboxylic acids is 1. The molecule has 1 atom stereocenters. The molecule has 4 aromatic rings. The second-order valence-corrected chi connectivity index (χ2v) is 7.51. The van der Waals surface area contributed by atoms with Crippen molar-refractivity contribution in [3.8, 4) is 11.5 Å². The summed E-state index contributed by atoms with van der Waals surface area (Å²) in [5.41, 5.74) is 2.43. The van der Waals surface area contributed by atoms with E-state index in [1.54, 1.807) is 36.7 Å². The van der Waals surface area contributed by atoms with Crippen molar-refractivity contribution in [2.24, 2.45) is 0 Å². The fourth-order valence-corrected chi connectivity index (χ4v) is 3.88. The van der Waals surface area contributed by atoms with Crippen molar-refractivity contribution in [3.05, 3.63) is 78.1 Å². The van der Waals surface area contributed by atoms with Gasteiger partial charge in [-0.3, -0.25) is 9.78 Å². The van der Waals surface area contributed by atoms with Gasteiger partial charge >= 0.3 is 0 Å². The van der Waals surface area contributed by atoms with Gasteiger partial charge in [-0.1, -0.05) is 41.7 Å². The van der Waals surface area contributed by atoms with Gasteiger partial charge in [0.25, 0.3) is 5.91 Å². The van der Waals surface area contributed by atoms with Crippen molar-refractivity contribution in [3.63, 3.8) is 0 Å². The molecular weight excluding hydrogens is 384 g/mol. The molecule has 146 valence electrons. The number of ether oxygens (including phenoxy) is 1. The summed E-state index contributed by atoms with van der Waals surface area (Å²) in [6, 6.07) is 19.5. The molecule has 0 unspecified atom stereocenters. The number of hydrogen-bond acceptors (Lipinski definition) is 6. The molecule has 7 heteroatoms. The third kappa shape index (κ3) is 4.35. The summed E-state index contributed by atoms with van der Waals surface area (Å²) in [7, 11) is 1.57. The Morgan fingerprint density at radius 3 is 2.66 bits per heavy atom. The molecule has 6 nitrogen and oxygen atoms in total. The van der Waals surface area contributed by atoms with Gasteiger partial charge in [0.05, 0.1) is 16.3 Å². The minimum absolute atomic E-state index is 0.160. The Morgan fingerprint density at radius 1 is 1.07 bits per heavy atom. The topological polar surface area (TPSA) is 76.1 Å². The van der Waals surface area contributed by atoms with E-state index in [2.05, 4.69) is 39.7 Å². The second-order valence-electron chi connectivity index (χ2n) is 6.48. The summed E-state index contributed by atoms with van der Waals surface area (Å²) in [5, 5.41) is 6.87. The van der Waals surface area contributed by atoms with Gasteiger partial charge in [-0.25, -0.2) is 4.98 Å². The third-order valence-corrected chi connectivity index (χ3v) is 5.38. The molecule has 0 aliphatic carbocycles. The first kappa shape index (κ1) is 18.9. The number of thiazole rings is 1. The Balaban J connectivity index is 1.52. The molecule has 1 amide bonds. The summed E-state index contributed by atoms with van der Waals surface area (Å²) < 4.78 is 6.94. The smallest absolute Gasteiger partial charge is 0.269 e. The summed E-state index contributed by atoms with van der Waals surface area (Å²) >= 11 is 1.58. The van der Waals surface area contributed by atoms with Crippen molar-refractivity contribution in [2.45, 2.75) is 13.0 Å². The molecule has 2 aromatic carbocycles. The summed E-state index contributed by atoms with van der Waals surface area (Å²) in [6.45, 7) is 2.11. The Morgan fingerprint density at radius 2 is 1.86 bits per heavy atom. The number of carbonyl (C=O) groups is 1. The van der Waals surface area contributed by atoms with Crippen LogP contribution in [0.3, 0.4) is 0 Å². The molecule has 0 radical (unpaired) electrons. The predicted octanol–water partition coefficient (Wildman–Crippen LogP) is 5.02. The van der Waals surface area contributed by atoms with Gasteiger partial charge < -0.3 is 15.4 Å². The number of rotatable bonds is 6. The number of nitrogens with zero attached hydrogens (tertiary/aromatic N) is 2. The van der Waals surface area contributed by atoms with E-state index in [1.165, 1.54) is 5.56 Å². The molecule has 4 rings (SSSR count). The number of anilines is 1. The molecule has 2 heterocycles. The minimum atomic E-state index is -0.253. The number of nitrogens with one attached hydrogen (secondary N) is 2. The number of amides is 1. The van der Waals surface area contributed by atoms with Gasteiger partial charge in [0, 0.05) is 25.4 Å². The minimum Gasteiger partial charge on any atom is -0.457 e. The van der Waals surface area contributed by atoms with E-state index in [-0.39, 0.29) is 11.9 Å². The Bertz CT molecular complexity index is 1140. The molecule has 0 fully saturated rings. The average Bonchev–Trinajstić information content (AvgIpc) is 3.15.